The summed E-state index contributed by atoms with van der Waals surface area (Å²) >= 11 is 7.26. The van der Waals surface area contributed by atoms with Crippen LogP contribution in [0.1, 0.15) is 0 Å². The van der Waals surface area contributed by atoms with Gasteiger partial charge in [0, 0.05) is 12.6 Å². The molecule has 6 heteroatoms. The van der Waals surface area contributed by atoms with E-state index in [1.165, 1.54) is 23.5 Å². The number of anilines is 1. The van der Waals surface area contributed by atoms with Crippen LogP contribution in [0, 0.1) is 5.82 Å². The molecule has 1 N–H and O–H groups in total. The molecule has 0 amide bonds. The second kappa shape index (κ2) is 4.12. The topological polar surface area (TPSA) is 37.8 Å². The lowest BCUT2D eigenvalue weighted by Gasteiger charge is -1.98. The summed E-state index contributed by atoms with van der Waals surface area (Å²) in [6.45, 7) is 0. The average molecular weight is 244 g/mol. The van der Waals surface area contributed by atoms with Gasteiger partial charge < -0.3 is 5.32 Å². The molecule has 78 valence electrons. The van der Waals surface area contributed by atoms with Crippen molar-refractivity contribution in [3.8, 4) is 10.6 Å². The molecule has 2 aromatic rings. The molecule has 0 aliphatic heterocycles. The molecular formula is C9H7ClFN3S. The van der Waals surface area contributed by atoms with Gasteiger partial charge in [-0.1, -0.05) is 22.9 Å². The van der Waals surface area contributed by atoms with E-state index in [2.05, 4.69) is 15.5 Å². The van der Waals surface area contributed by atoms with Gasteiger partial charge in [0.05, 0.1) is 5.02 Å². The first-order valence-electron chi connectivity index (χ1n) is 4.17. The molecule has 0 aliphatic rings. The van der Waals surface area contributed by atoms with E-state index in [9.17, 15) is 4.39 Å². The largest absolute Gasteiger partial charge is 0.363 e. The molecule has 1 heterocycles. The molecule has 0 spiro atoms. The first-order valence-corrected chi connectivity index (χ1v) is 5.37. The third-order valence-electron chi connectivity index (χ3n) is 1.80. The zero-order valence-corrected chi connectivity index (χ0v) is 9.36. The van der Waals surface area contributed by atoms with Crippen molar-refractivity contribution in [1.82, 2.24) is 10.2 Å². The van der Waals surface area contributed by atoms with Crippen LogP contribution in [-0.4, -0.2) is 17.2 Å². The summed E-state index contributed by atoms with van der Waals surface area (Å²) < 4.78 is 12.8. The van der Waals surface area contributed by atoms with Gasteiger partial charge in [-0.2, -0.15) is 0 Å². The van der Waals surface area contributed by atoms with Crippen molar-refractivity contribution in [3.05, 3.63) is 29.0 Å². The number of halogens is 2. The lowest BCUT2D eigenvalue weighted by molar-refractivity contribution is 0.628. The lowest BCUT2D eigenvalue weighted by Crippen LogP contribution is -1.84. The van der Waals surface area contributed by atoms with Gasteiger partial charge in [-0.15, -0.1) is 10.2 Å². The molecular weight excluding hydrogens is 237 g/mol. The zero-order valence-electron chi connectivity index (χ0n) is 7.79. The minimum Gasteiger partial charge on any atom is -0.363 e. The van der Waals surface area contributed by atoms with Crippen LogP contribution >= 0.6 is 22.9 Å². The van der Waals surface area contributed by atoms with Crippen LogP contribution in [0.2, 0.25) is 5.02 Å². The van der Waals surface area contributed by atoms with Gasteiger partial charge in [-0.05, 0) is 18.2 Å². The summed E-state index contributed by atoms with van der Waals surface area (Å²) in [6, 6.07) is 4.20. The maximum Gasteiger partial charge on any atom is 0.205 e. The normalized spacial score (nSPS) is 10.3. The Balaban J connectivity index is 2.44. The van der Waals surface area contributed by atoms with Crippen molar-refractivity contribution in [1.29, 1.82) is 0 Å². The van der Waals surface area contributed by atoms with Crippen LogP contribution in [-0.2, 0) is 0 Å². The maximum atomic E-state index is 12.8. The molecule has 0 bridgehead atoms. The molecule has 0 radical (unpaired) electrons. The highest BCUT2D eigenvalue weighted by molar-refractivity contribution is 7.18. The Morgan fingerprint density at radius 2 is 2.20 bits per heavy atom. The molecule has 0 saturated heterocycles. The summed E-state index contributed by atoms with van der Waals surface area (Å²) in [5.74, 6) is -0.359. The van der Waals surface area contributed by atoms with Gasteiger partial charge in [0.15, 0.2) is 5.01 Å². The number of hydrogen-bond donors (Lipinski definition) is 1. The van der Waals surface area contributed by atoms with Crippen LogP contribution in [0.5, 0.6) is 0 Å². The van der Waals surface area contributed by atoms with Gasteiger partial charge in [-0.25, -0.2) is 4.39 Å². The van der Waals surface area contributed by atoms with E-state index >= 15 is 0 Å². The molecule has 1 aromatic heterocycles. The minimum atomic E-state index is -0.359. The maximum absolute atomic E-state index is 12.8. The summed E-state index contributed by atoms with van der Waals surface area (Å²) in [5, 5.41) is 12.4. The fourth-order valence-corrected chi connectivity index (χ4v) is 2.15. The third-order valence-corrected chi connectivity index (χ3v) is 3.09. The number of rotatable bonds is 2. The van der Waals surface area contributed by atoms with E-state index in [-0.39, 0.29) is 5.82 Å². The highest BCUT2D eigenvalue weighted by Gasteiger charge is 2.09. The quantitative estimate of drug-likeness (QED) is 0.881. The fraction of sp³-hybridized carbons (Fsp3) is 0.111. The number of nitrogens with zero attached hydrogens (tertiary/aromatic N) is 2. The molecule has 0 aliphatic carbocycles. The summed E-state index contributed by atoms with van der Waals surface area (Å²) in [5.41, 5.74) is 0.692. The van der Waals surface area contributed by atoms with E-state index in [0.717, 1.165) is 0 Å². The molecule has 1 aromatic carbocycles. The van der Waals surface area contributed by atoms with Gasteiger partial charge in [0.1, 0.15) is 5.82 Å². The highest BCUT2D eigenvalue weighted by Crippen LogP contribution is 2.31. The van der Waals surface area contributed by atoms with Gasteiger partial charge in [-0.3, -0.25) is 0 Å². The number of aromatic nitrogens is 2. The Hall–Kier alpha value is -1.20. The van der Waals surface area contributed by atoms with Crippen molar-refractivity contribution >= 4 is 28.1 Å². The SMILES string of the molecule is CNc1nnc(-c2ccc(F)cc2Cl)s1. The van der Waals surface area contributed by atoms with Crippen LogP contribution in [0.3, 0.4) is 0 Å². The van der Waals surface area contributed by atoms with Gasteiger partial charge in [0.2, 0.25) is 5.13 Å². The molecule has 3 nitrogen and oxygen atoms in total. The third kappa shape index (κ3) is 2.08. The number of hydrogen-bond acceptors (Lipinski definition) is 4. The molecule has 0 atom stereocenters. The fourth-order valence-electron chi connectivity index (χ4n) is 1.10. The van der Waals surface area contributed by atoms with Crippen molar-refractivity contribution in [3.63, 3.8) is 0 Å². The number of benzene rings is 1. The standard InChI is InChI=1S/C9H7ClFN3S/c1-12-9-14-13-8(15-9)6-3-2-5(11)4-7(6)10/h2-4H,1H3,(H,12,14). The smallest absolute Gasteiger partial charge is 0.205 e. The summed E-state index contributed by atoms with van der Waals surface area (Å²) in [6.07, 6.45) is 0. The Labute approximate surface area is 94.9 Å². The zero-order chi connectivity index (χ0) is 10.8. The first kappa shape index (κ1) is 10.3. The van der Waals surface area contributed by atoms with E-state index in [1.54, 1.807) is 13.1 Å². The Morgan fingerprint density at radius 3 is 2.80 bits per heavy atom. The van der Waals surface area contributed by atoms with Gasteiger partial charge >= 0.3 is 0 Å². The minimum absolute atomic E-state index is 0.341. The van der Waals surface area contributed by atoms with Crippen molar-refractivity contribution in [2.45, 2.75) is 0 Å². The van der Waals surface area contributed by atoms with Gasteiger partial charge in [0.25, 0.3) is 0 Å². The van der Waals surface area contributed by atoms with E-state index in [0.29, 0.717) is 20.7 Å². The Kier molecular flexibility index (Phi) is 2.83. The van der Waals surface area contributed by atoms with Crippen molar-refractivity contribution in [2.24, 2.45) is 0 Å². The summed E-state index contributed by atoms with van der Waals surface area (Å²) in [4.78, 5) is 0. The van der Waals surface area contributed by atoms with Crippen LogP contribution in [0.15, 0.2) is 18.2 Å². The van der Waals surface area contributed by atoms with E-state index < -0.39 is 0 Å². The Morgan fingerprint density at radius 1 is 1.40 bits per heavy atom. The second-order valence-electron chi connectivity index (χ2n) is 2.79. The molecule has 0 fully saturated rings. The summed E-state index contributed by atoms with van der Waals surface area (Å²) in [7, 11) is 1.76. The molecule has 0 unspecified atom stereocenters. The predicted octanol–water partition coefficient (Wildman–Crippen LogP) is 3.04. The lowest BCUT2D eigenvalue weighted by atomic mass is 10.2. The van der Waals surface area contributed by atoms with E-state index in [1.807, 2.05) is 0 Å². The monoisotopic (exact) mass is 243 g/mol. The first-order chi connectivity index (χ1) is 7.20. The second-order valence-corrected chi connectivity index (χ2v) is 4.17. The highest BCUT2D eigenvalue weighted by atomic mass is 35.5. The predicted molar refractivity (Wildman–Crippen MR) is 59.9 cm³/mol. The molecule has 15 heavy (non-hydrogen) atoms. The van der Waals surface area contributed by atoms with Crippen LogP contribution < -0.4 is 5.32 Å². The molecule has 2 rings (SSSR count). The van der Waals surface area contributed by atoms with E-state index in [4.69, 9.17) is 11.6 Å². The average Bonchev–Trinajstić information content (AvgIpc) is 2.66. The van der Waals surface area contributed by atoms with Crippen molar-refractivity contribution < 1.29 is 4.39 Å². The van der Waals surface area contributed by atoms with Crippen LogP contribution in [0.25, 0.3) is 10.6 Å². The van der Waals surface area contributed by atoms with Crippen molar-refractivity contribution in [2.75, 3.05) is 12.4 Å². The number of nitrogens with one attached hydrogen (secondary N) is 1. The van der Waals surface area contributed by atoms with Crippen LogP contribution in [0.4, 0.5) is 9.52 Å². The molecule has 0 saturated carbocycles. The Bertz CT molecular complexity index is 486.